The Balaban J connectivity index is 1.97. The van der Waals surface area contributed by atoms with E-state index in [1.54, 1.807) is 18.2 Å². The summed E-state index contributed by atoms with van der Waals surface area (Å²) >= 11 is 13.1. The van der Waals surface area contributed by atoms with Crippen molar-refractivity contribution in [2.45, 2.75) is 0 Å². The van der Waals surface area contributed by atoms with Crippen LogP contribution in [0, 0.1) is 0 Å². The zero-order chi connectivity index (χ0) is 12.3. The molecule has 6 heteroatoms. The molecule has 0 fully saturated rings. The summed E-state index contributed by atoms with van der Waals surface area (Å²) < 4.78 is 0. The van der Waals surface area contributed by atoms with Crippen molar-refractivity contribution in [3.05, 3.63) is 33.8 Å². The van der Waals surface area contributed by atoms with Gasteiger partial charge in [0.25, 0.3) is 0 Å². The van der Waals surface area contributed by atoms with E-state index >= 15 is 0 Å². The fourth-order valence-corrected chi connectivity index (χ4v) is 2.48. The highest BCUT2D eigenvalue weighted by atomic mass is 35.5. The third-order valence-electron chi connectivity index (χ3n) is 2.22. The van der Waals surface area contributed by atoms with E-state index in [0.29, 0.717) is 21.4 Å². The zero-order valence-electron chi connectivity index (χ0n) is 8.87. The number of nitrogens with zero attached hydrogens (tertiary/aromatic N) is 1. The normalized spacial score (nSPS) is 14.4. The topological polar surface area (TPSA) is 41.5 Å². The second-order valence-electron chi connectivity index (χ2n) is 3.45. The molecule has 1 aromatic carbocycles. The van der Waals surface area contributed by atoms with Crippen molar-refractivity contribution < 1.29 is 4.79 Å². The number of nitrogens with one attached hydrogen (secondary N) is 1. The molecule has 0 amide bonds. The van der Waals surface area contributed by atoms with Crippen LogP contribution in [0.5, 0.6) is 0 Å². The highest BCUT2D eigenvalue weighted by molar-refractivity contribution is 8.14. The lowest BCUT2D eigenvalue weighted by molar-refractivity contribution is 0.102. The van der Waals surface area contributed by atoms with E-state index in [1.165, 1.54) is 11.8 Å². The van der Waals surface area contributed by atoms with Crippen molar-refractivity contribution in [3.8, 4) is 0 Å². The maximum Gasteiger partial charge on any atom is 0.173 e. The molecule has 0 saturated heterocycles. The molecule has 0 aliphatic carbocycles. The number of rotatable bonds is 3. The lowest BCUT2D eigenvalue weighted by atomic mass is 10.1. The minimum absolute atomic E-state index is 0.0185. The van der Waals surface area contributed by atoms with Gasteiger partial charge in [0.15, 0.2) is 11.0 Å². The number of hydrogen-bond donors (Lipinski definition) is 1. The van der Waals surface area contributed by atoms with Crippen molar-refractivity contribution in [1.82, 2.24) is 5.32 Å². The standard InChI is InChI=1S/C11H10Cl2N2OS/c12-8-2-1-7(5-9(8)13)10(16)6-17-11-14-3-4-15-11/h1-2,5H,3-4,6H2,(H,14,15). The monoisotopic (exact) mass is 288 g/mol. The molecule has 1 aliphatic rings. The molecule has 0 bridgehead atoms. The van der Waals surface area contributed by atoms with Gasteiger partial charge < -0.3 is 5.32 Å². The number of thioether (sulfide) groups is 1. The Morgan fingerprint density at radius 2 is 2.24 bits per heavy atom. The van der Waals surface area contributed by atoms with Gasteiger partial charge in [-0.3, -0.25) is 9.79 Å². The van der Waals surface area contributed by atoms with Gasteiger partial charge >= 0.3 is 0 Å². The van der Waals surface area contributed by atoms with Crippen LogP contribution in [-0.2, 0) is 0 Å². The first-order valence-corrected chi connectivity index (χ1v) is 6.80. The molecule has 0 aromatic heterocycles. The molecule has 17 heavy (non-hydrogen) atoms. The van der Waals surface area contributed by atoms with Gasteiger partial charge in [-0.15, -0.1) is 0 Å². The van der Waals surface area contributed by atoms with Crippen molar-refractivity contribution in [2.75, 3.05) is 18.8 Å². The number of hydrogen-bond acceptors (Lipinski definition) is 4. The van der Waals surface area contributed by atoms with Gasteiger partial charge in [-0.1, -0.05) is 35.0 Å². The molecule has 0 atom stereocenters. The SMILES string of the molecule is O=C(CSC1=NCCN1)c1ccc(Cl)c(Cl)c1. The van der Waals surface area contributed by atoms with Crippen LogP contribution >= 0.6 is 35.0 Å². The summed E-state index contributed by atoms with van der Waals surface area (Å²) in [5.41, 5.74) is 0.575. The molecule has 0 radical (unpaired) electrons. The van der Waals surface area contributed by atoms with Gasteiger partial charge in [-0.05, 0) is 18.2 Å². The van der Waals surface area contributed by atoms with E-state index in [4.69, 9.17) is 23.2 Å². The molecule has 2 rings (SSSR count). The van der Waals surface area contributed by atoms with Crippen molar-refractivity contribution in [3.63, 3.8) is 0 Å². The Labute approximate surface area is 114 Å². The van der Waals surface area contributed by atoms with Crippen LogP contribution in [0.15, 0.2) is 23.2 Å². The average Bonchev–Trinajstić information content (AvgIpc) is 2.82. The molecule has 90 valence electrons. The summed E-state index contributed by atoms with van der Waals surface area (Å²) in [4.78, 5) is 16.1. The van der Waals surface area contributed by atoms with Gasteiger partial charge in [0.2, 0.25) is 0 Å². The van der Waals surface area contributed by atoms with Crippen LogP contribution in [0.3, 0.4) is 0 Å². The Kier molecular flexibility index (Phi) is 4.31. The highest BCUT2D eigenvalue weighted by Gasteiger charge is 2.12. The Bertz CT molecular complexity index is 477. The van der Waals surface area contributed by atoms with Gasteiger partial charge in [-0.25, -0.2) is 0 Å². The molecular weight excluding hydrogens is 279 g/mol. The highest BCUT2D eigenvalue weighted by Crippen LogP contribution is 2.23. The van der Waals surface area contributed by atoms with Crippen molar-refractivity contribution >= 4 is 45.9 Å². The van der Waals surface area contributed by atoms with Crippen molar-refractivity contribution in [2.24, 2.45) is 4.99 Å². The summed E-state index contributed by atoms with van der Waals surface area (Å²) in [6.07, 6.45) is 0. The van der Waals surface area contributed by atoms with Gasteiger partial charge in [0.05, 0.1) is 22.3 Å². The fourth-order valence-electron chi connectivity index (χ4n) is 1.36. The summed E-state index contributed by atoms with van der Waals surface area (Å²) in [5.74, 6) is 0.369. The van der Waals surface area contributed by atoms with E-state index in [2.05, 4.69) is 10.3 Å². The quantitative estimate of drug-likeness (QED) is 0.870. The molecule has 3 nitrogen and oxygen atoms in total. The zero-order valence-corrected chi connectivity index (χ0v) is 11.2. The number of carbonyl (C=O) groups is 1. The number of ketones is 1. The van der Waals surface area contributed by atoms with Crippen LogP contribution in [-0.4, -0.2) is 29.8 Å². The average molecular weight is 289 g/mol. The number of Topliss-reactive ketones (excluding diaryl/α,β-unsaturated/α-hetero) is 1. The minimum Gasteiger partial charge on any atom is -0.363 e. The van der Waals surface area contributed by atoms with Crippen LogP contribution in [0.1, 0.15) is 10.4 Å². The van der Waals surface area contributed by atoms with Crippen LogP contribution in [0.4, 0.5) is 0 Å². The van der Waals surface area contributed by atoms with Crippen LogP contribution < -0.4 is 5.32 Å². The second kappa shape index (κ2) is 5.76. The smallest absolute Gasteiger partial charge is 0.173 e. The number of amidine groups is 1. The van der Waals surface area contributed by atoms with E-state index in [-0.39, 0.29) is 5.78 Å². The maximum atomic E-state index is 11.9. The molecule has 1 heterocycles. The first-order valence-electron chi connectivity index (χ1n) is 5.06. The molecule has 1 aliphatic heterocycles. The van der Waals surface area contributed by atoms with Crippen molar-refractivity contribution in [1.29, 1.82) is 0 Å². The summed E-state index contributed by atoms with van der Waals surface area (Å²) in [6, 6.07) is 4.91. The number of carbonyl (C=O) groups excluding carboxylic acids is 1. The molecule has 0 spiro atoms. The predicted octanol–water partition coefficient (Wildman–Crippen LogP) is 2.87. The first kappa shape index (κ1) is 12.7. The van der Waals surface area contributed by atoms with Gasteiger partial charge in [0, 0.05) is 12.1 Å². The largest absolute Gasteiger partial charge is 0.363 e. The number of halogens is 2. The lowest BCUT2D eigenvalue weighted by Crippen LogP contribution is -2.17. The summed E-state index contributed by atoms with van der Waals surface area (Å²) in [5, 5.41) is 4.79. The third-order valence-corrected chi connectivity index (χ3v) is 3.92. The van der Waals surface area contributed by atoms with E-state index in [1.807, 2.05) is 0 Å². The van der Waals surface area contributed by atoms with Gasteiger partial charge in [0.1, 0.15) is 0 Å². The second-order valence-corrected chi connectivity index (χ2v) is 5.23. The Morgan fingerprint density at radius 3 is 2.88 bits per heavy atom. The Morgan fingerprint density at radius 1 is 1.41 bits per heavy atom. The molecule has 0 unspecified atom stereocenters. The predicted molar refractivity (Wildman–Crippen MR) is 73.6 cm³/mol. The molecular formula is C11H10Cl2N2OS. The lowest BCUT2D eigenvalue weighted by Gasteiger charge is -2.03. The summed E-state index contributed by atoms with van der Waals surface area (Å²) in [6.45, 7) is 1.63. The molecule has 1 N–H and O–H groups in total. The fraction of sp³-hybridized carbons (Fsp3) is 0.273. The maximum absolute atomic E-state index is 11.9. The molecule has 1 aromatic rings. The third kappa shape index (κ3) is 3.37. The molecule has 0 saturated carbocycles. The van der Waals surface area contributed by atoms with Crippen LogP contribution in [0.25, 0.3) is 0 Å². The van der Waals surface area contributed by atoms with Crippen LogP contribution in [0.2, 0.25) is 10.0 Å². The number of benzene rings is 1. The van der Waals surface area contributed by atoms with E-state index in [0.717, 1.165) is 18.3 Å². The summed E-state index contributed by atoms with van der Waals surface area (Å²) in [7, 11) is 0. The van der Waals surface area contributed by atoms with E-state index < -0.39 is 0 Å². The van der Waals surface area contributed by atoms with E-state index in [9.17, 15) is 4.79 Å². The first-order chi connectivity index (χ1) is 8.16. The van der Waals surface area contributed by atoms with Gasteiger partial charge in [-0.2, -0.15) is 0 Å². The number of aliphatic imine (C=N–C) groups is 1. The Hall–Kier alpha value is -0.710. The minimum atomic E-state index is 0.0185.